The Bertz CT molecular complexity index is 1010. The zero-order valence-electron chi connectivity index (χ0n) is 16.9. The number of nitrogen functional groups attached to an aromatic ring is 1. The maximum atomic E-state index is 12.2. The van der Waals surface area contributed by atoms with Crippen LogP contribution in [0.1, 0.15) is 20.8 Å². The van der Waals surface area contributed by atoms with E-state index in [4.69, 9.17) is 15.2 Å². The number of nitrogens with zero attached hydrogens (tertiary/aromatic N) is 1. The molecule has 1 heterocycles. The molecule has 0 spiro atoms. The minimum atomic E-state index is -0.719. The van der Waals surface area contributed by atoms with E-state index < -0.39 is 12.8 Å². The summed E-state index contributed by atoms with van der Waals surface area (Å²) in [6.45, 7) is 5.74. The molecule has 2 aromatic carbocycles. The molecule has 0 radical (unpaired) electrons. The summed E-state index contributed by atoms with van der Waals surface area (Å²) >= 11 is 0. The van der Waals surface area contributed by atoms with Crippen LogP contribution in [0.25, 0.3) is 22.2 Å². The second-order valence-corrected chi connectivity index (χ2v) is 6.88. The second-order valence-electron chi connectivity index (χ2n) is 6.88. The molecule has 0 fully saturated rings. The van der Waals surface area contributed by atoms with Gasteiger partial charge in [-0.25, -0.2) is 9.18 Å². The predicted molar refractivity (Wildman–Crippen MR) is 114 cm³/mol. The van der Waals surface area contributed by atoms with Crippen LogP contribution in [0.2, 0.25) is 0 Å². The fourth-order valence-electron chi connectivity index (χ4n) is 3.37. The van der Waals surface area contributed by atoms with Gasteiger partial charge in [0.2, 0.25) is 0 Å². The highest BCUT2D eigenvalue weighted by molar-refractivity contribution is 6.02. The van der Waals surface area contributed by atoms with E-state index in [1.807, 2.05) is 50.2 Å². The molecule has 3 rings (SSSR count). The number of carbonyl (C=O) groups excluding carboxylic acids is 1. The van der Waals surface area contributed by atoms with Gasteiger partial charge in [-0.3, -0.25) is 5.32 Å². The Hall–Kier alpha value is -3.22. The molecule has 7 heteroatoms. The van der Waals surface area contributed by atoms with Crippen LogP contribution in [0.5, 0.6) is 5.75 Å². The molecule has 29 heavy (non-hydrogen) atoms. The fraction of sp³-hybridized carbons (Fsp3) is 0.318. The number of alkyl halides is 1. The largest absolute Gasteiger partial charge is 0.491 e. The molecule has 0 atom stereocenters. The van der Waals surface area contributed by atoms with Gasteiger partial charge in [-0.05, 0) is 45.0 Å². The molecule has 1 aromatic heterocycles. The Kier molecular flexibility index (Phi) is 6.26. The first-order chi connectivity index (χ1) is 13.9. The third kappa shape index (κ3) is 4.45. The number of carbonyl (C=O) groups is 1. The van der Waals surface area contributed by atoms with Crippen molar-refractivity contribution in [3.63, 3.8) is 0 Å². The van der Waals surface area contributed by atoms with Crippen LogP contribution in [0.15, 0.2) is 42.5 Å². The van der Waals surface area contributed by atoms with E-state index in [0.29, 0.717) is 17.9 Å². The van der Waals surface area contributed by atoms with Gasteiger partial charge in [-0.1, -0.05) is 12.1 Å². The van der Waals surface area contributed by atoms with Crippen molar-refractivity contribution in [2.45, 2.75) is 33.4 Å². The van der Waals surface area contributed by atoms with Crippen LogP contribution >= 0.6 is 0 Å². The number of hydrogen-bond donors (Lipinski definition) is 2. The molecule has 0 aliphatic rings. The van der Waals surface area contributed by atoms with E-state index in [0.717, 1.165) is 27.9 Å². The minimum Gasteiger partial charge on any atom is -0.491 e. The zero-order valence-corrected chi connectivity index (χ0v) is 16.9. The molecule has 0 saturated carbocycles. The molecule has 154 valence electrons. The first kappa shape index (κ1) is 20.5. The number of aryl methyl sites for hydroxylation is 1. The second kappa shape index (κ2) is 8.86. The molecule has 0 bridgehead atoms. The van der Waals surface area contributed by atoms with Crippen molar-refractivity contribution in [1.29, 1.82) is 0 Å². The number of ether oxygens (including phenoxy) is 2. The average Bonchev–Trinajstić information content (AvgIpc) is 2.97. The monoisotopic (exact) mass is 399 g/mol. The maximum Gasteiger partial charge on any atom is 0.411 e. The van der Waals surface area contributed by atoms with Crippen molar-refractivity contribution in [2.75, 3.05) is 24.3 Å². The SMILES string of the molecule is CCn1c(-c2cccc(NC(=O)OCCF)c2)c(N)c2ccc(OC(C)C)cc21. The molecule has 0 aliphatic carbocycles. The number of fused-ring (bicyclic) bond motifs is 1. The van der Waals surface area contributed by atoms with Crippen LogP contribution in [-0.2, 0) is 11.3 Å². The number of nitrogens with one attached hydrogen (secondary N) is 1. The van der Waals surface area contributed by atoms with Gasteiger partial charge >= 0.3 is 6.09 Å². The lowest BCUT2D eigenvalue weighted by Crippen LogP contribution is -2.15. The number of hydrogen-bond acceptors (Lipinski definition) is 4. The Labute approximate surface area is 169 Å². The average molecular weight is 399 g/mol. The van der Waals surface area contributed by atoms with Gasteiger partial charge in [0.15, 0.2) is 0 Å². The first-order valence-corrected chi connectivity index (χ1v) is 9.63. The summed E-state index contributed by atoms with van der Waals surface area (Å²) in [4.78, 5) is 11.7. The molecule has 6 nitrogen and oxygen atoms in total. The number of halogens is 1. The number of nitrogens with two attached hydrogens (primary N) is 1. The third-order valence-electron chi connectivity index (χ3n) is 4.46. The summed E-state index contributed by atoms with van der Waals surface area (Å²) in [7, 11) is 0. The summed E-state index contributed by atoms with van der Waals surface area (Å²) in [6.07, 6.45) is -0.617. The predicted octanol–water partition coefficient (Wildman–Crippen LogP) is 5.22. The standard InChI is InChI=1S/C22H26FN3O3/c1-4-26-19-13-17(29-14(2)3)8-9-18(19)20(24)21(26)15-6-5-7-16(12-15)25-22(27)28-11-10-23/h5-9,12-14H,4,10-11,24H2,1-3H3,(H,25,27). The summed E-state index contributed by atoms with van der Waals surface area (Å²) in [5.41, 5.74) is 10.4. The zero-order chi connectivity index (χ0) is 21.0. The molecule has 0 saturated heterocycles. The number of amides is 1. The smallest absolute Gasteiger partial charge is 0.411 e. The summed E-state index contributed by atoms with van der Waals surface area (Å²) in [6, 6.07) is 13.2. The van der Waals surface area contributed by atoms with E-state index in [-0.39, 0.29) is 12.7 Å². The summed E-state index contributed by atoms with van der Waals surface area (Å²) < 4.78 is 24.9. The Morgan fingerprint density at radius 2 is 2.03 bits per heavy atom. The highest BCUT2D eigenvalue weighted by Gasteiger charge is 2.17. The third-order valence-corrected chi connectivity index (χ3v) is 4.46. The molecule has 0 aliphatic heterocycles. The van der Waals surface area contributed by atoms with Crippen molar-refractivity contribution in [1.82, 2.24) is 4.57 Å². The molecular formula is C22H26FN3O3. The van der Waals surface area contributed by atoms with Crippen LogP contribution < -0.4 is 15.8 Å². The van der Waals surface area contributed by atoms with E-state index in [1.165, 1.54) is 0 Å². The molecule has 3 aromatic rings. The maximum absolute atomic E-state index is 12.2. The lowest BCUT2D eigenvalue weighted by Gasteiger charge is -2.12. The van der Waals surface area contributed by atoms with E-state index in [9.17, 15) is 9.18 Å². The van der Waals surface area contributed by atoms with Gasteiger partial charge in [0, 0.05) is 29.2 Å². The van der Waals surface area contributed by atoms with E-state index in [2.05, 4.69) is 16.8 Å². The van der Waals surface area contributed by atoms with Crippen LogP contribution in [0, 0.1) is 0 Å². The summed E-state index contributed by atoms with van der Waals surface area (Å²) in [5, 5.41) is 3.55. The quantitative estimate of drug-likeness (QED) is 0.571. The van der Waals surface area contributed by atoms with Gasteiger partial charge in [0.1, 0.15) is 19.0 Å². The Morgan fingerprint density at radius 3 is 2.72 bits per heavy atom. The normalized spacial score (nSPS) is 11.1. The van der Waals surface area contributed by atoms with Gasteiger partial charge in [-0.2, -0.15) is 0 Å². The molecule has 0 unspecified atom stereocenters. The molecule has 1 amide bonds. The Morgan fingerprint density at radius 1 is 1.24 bits per heavy atom. The first-order valence-electron chi connectivity index (χ1n) is 9.63. The van der Waals surface area contributed by atoms with Gasteiger partial charge in [-0.15, -0.1) is 0 Å². The van der Waals surface area contributed by atoms with Crippen LogP contribution in [0.4, 0.5) is 20.6 Å². The molecular weight excluding hydrogens is 373 g/mol. The minimum absolute atomic E-state index is 0.0780. The van der Waals surface area contributed by atoms with Crippen molar-refractivity contribution in [2.24, 2.45) is 0 Å². The molecule has 3 N–H and O–H groups in total. The lowest BCUT2D eigenvalue weighted by atomic mass is 10.1. The Balaban J connectivity index is 2.02. The van der Waals surface area contributed by atoms with Crippen molar-refractivity contribution in [3.05, 3.63) is 42.5 Å². The van der Waals surface area contributed by atoms with Crippen LogP contribution in [-0.4, -0.2) is 30.0 Å². The van der Waals surface area contributed by atoms with E-state index >= 15 is 0 Å². The van der Waals surface area contributed by atoms with Gasteiger partial charge < -0.3 is 19.8 Å². The lowest BCUT2D eigenvalue weighted by molar-refractivity contribution is 0.152. The number of anilines is 2. The topological polar surface area (TPSA) is 78.5 Å². The van der Waals surface area contributed by atoms with Gasteiger partial charge in [0.25, 0.3) is 0 Å². The highest BCUT2D eigenvalue weighted by Crippen LogP contribution is 2.38. The van der Waals surface area contributed by atoms with Gasteiger partial charge in [0.05, 0.1) is 23.0 Å². The number of benzene rings is 2. The van der Waals surface area contributed by atoms with Crippen LogP contribution in [0.3, 0.4) is 0 Å². The summed E-state index contributed by atoms with van der Waals surface area (Å²) in [5.74, 6) is 0.789. The van der Waals surface area contributed by atoms with Crippen molar-refractivity contribution < 1.29 is 18.7 Å². The van der Waals surface area contributed by atoms with Crippen molar-refractivity contribution in [3.8, 4) is 17.0 Å². The van der Waals surface area contributed by atoms with Crippen molar-refractivity contribution >= 4 is 28.4 Å². The van der Waals surface area contributed by atoms with E-state index in [1.54, 1.807) is 6.07 Å². The highest BCUT2D eigenvalue weighted by atomic mass is 19.1. The number of aromatic nitrogens is 1. The fourth-order valence-corrected chi connectivity index (χ4v) is 3.37. The number of rotatable bonds is 7.